The molecule has 3 nitrogen and oxygen atoms in total. The Morgan fingerprint density at radius 3 is 2.14 bits per heavy atom. The minimum absolute atomic E-state index is 0.298. The summed E-state index contributed by atoms with van der Waals surface area (Å²) in [5, 5.41) is 3.60. The fraction of sp³-hybridized carbons (Fsp3) is 0.944. The molecule has 1 amide bonds. The van der Waals surface area contributed by atoms with Gasteiger partial charge in [-0.2, -0.15) is 0 Å². The lowest BCUT2D eigenvalue weighted by molar-refractivity contribution is -0.132. The van der Waals surface area contributed by atoms with E-state index in [9.17, 15) is 4.79 Å². The molecular formula is C18H36N2O. The van der Waals surface area contributed by atoms with Gasteiger partial charge in [0, 0.05) is 26.1 Å². The Hall–Kier alpha value is -0.570. The van der Waals surface area contributed by atoms with Crippen molar-refractivity contribution >= 4 is 5.91 Å². The summed E-state index contributed by atoms with van der Waals surface area (Å²) in [6, 6.07) is 0.520. The monoisotopic (exact) mass is 296 g/mol. The quantitative estimate of drug-likeness (QED) is 0.549. The molecule has 1 rings (SSSR count). The van der Waals surface area contributed by atoms with Gasteiger partial charge in [-0.25, -0.2) is 0 Å². The molecule has 124 valence electrons. The van der Waals surface area contributed by atoms with Gasteiger partial charge in [-0.05, 0) is 19.4 Å². The molecule has 0 saturated carbocycles. The normalized spacial score (nSPS) is 19.2. The van der Waals surface area contributed by atoms with E-state index in [0.29, 0.717) is 18.4 Å². The number of likely N-dealkylation sites (N-methyl/N-ethyl adjacent to an activating group) is 1. The maximum absolute atomic E-state index is 11.4. The SMILES string of the molecule is CCCCCCCCCCCCNC1CCC(=O)N(C)C1. The summed E-state index contributed by atoms with van der Waals surface area (Å²) in [6.45, 7) is 4.27. The molecule has 0 radical (unpaired) electrons. The summed E-state index contributed by atoms with van der Waals surface area (Å²) in [6.07, 6.45) is 15.6. The molecule has 0 bridgehead atoms. The number of nitrogens with zero attached hydrogens (tertiary/aromatic N) is 1. The van der Waals surface area contributed by atoms with Crippen molar-refractivity contribution in [2.24, 2.45) is 0 Å². The molecule has 1 aliphatic heterocycles. The third-order valence-electron chi connectivity index (χ3n) is 4.59. The van der Waals surface area contributed by atoms with Crippen molar-refractivity contribution in [1.82, 2.24) is 10.2 Å². The van der Waals surface area contributed by atoms with Crippen LogP contribution in [0.25, 0.3) is 0 Å². The number of carbonyl (C=O) groups is 1. The largest absolute Gasteiger partial charge is 0.344 e. The first-order valence-electron chi connectivity index (χ1n) is 9.21. The van der Waals surface area contributed by atoms with E-state index in [4.69, 9.17) is 0 Å². The molecule has 1 atom stereocenters. The number of piperidine rings is 1. The van der Waals surface area contributed by atoms with Crippen LogP contribution in [0, 0.1) is 0 Å². The van der Waals surface area contributed by atoms with E-state index in [1.807, 2.05) is 11.9 Å². The van der Waals surface area contributed by atoms with Crippen molar-refractivity contribution in [3.63, 3.8) is 0 Å². The summed E-state index contributed by atoms with van der Waals surface area (Å²) >= 11 is 0. The lowest BCUT2D eigenvalue weighted by atomic mass is 10.0. The summed E-state index contributed by atoms with van der Waals surface area (Å²) in [5.41, 5.74) is 0. The highest BCUT2D eigenvalue weighted by Gasteiger charge is 2.21. The van der Waals surface area contributed by atoms with Gasteiger partial charge in [-0.3, -0.25) is 4.79 Å². The van der Waals surface area contributed by atoms with Gasteiger partial charge in [-0.15, -0.1) is 0 Å². The van der Waals surface area contributed by atoms with Crippen LogP contribution in [-0.2, 0) is 4.79 Å². The average molecular weight is 296 g/mol. The Morgan fingerprint density at radius 1 is 1.00 bits per heavy atom. The third kappa shape index (κ3) is 9.13. The van der Waals surface area contributed by atoms with Crippen LogP contribution >= 0.6 is 0 Å². The molecule has 0 aromatic heterocycles. The summed E-state index contributed by atoms with van der Waals surface area (Å²) in [4.78, 5) is 13.3. The molecule has 3 heteroatoms. The van der Waals surface area contributed by atoms with E-state index < -0.39 is 0 Å². The number of nitrogens with one attached hydrogen (secondary N) is 1. The second kappa shape index (κ2) is 12.0. The molecular weight excluding hydrogens is 260 g/mol. The second-order valence-corrected chi connectivity index (χ2v) is 6.65. The Balaban J connectivity index is 1.81. The van der Waals surface area contributed by atoms with Crippen LogP contribution < -0.4 is 5.32 Å². The maximum atomic E-state index is 11.4. The Morgan fingerprint density at radius 2 is 1.57 bits per heavy atom. The van der Waals surface area contributed by atoms with Crippen molar-refractivity contribution in [2.45, 2.75) is 90.0 Å². The molecule has 0 spiro atoms. The van der Waals surface area contributed by atoms with Crippen LogP contribution in [0.15, 0.2) is 0 Å². The average Bonchev–Trinajstić information content (AvgIpc) is 2.48. The van der Waals surface area contributed by atoms with E-state index >= 15 is 0 Å². The topological polar surface area (TPSA) is 32.3 Å². The van der Waals surface area contributed by atoms with Gasteiger partial charge in [0.1, 0.15) is 0 Å². The highest BCUT2D eigenvalue weighted by Crippen LogP contribution is 2.11. The van der Waals surface area contributed by atoms with Crippen LogP contribution in [0.2, 0.25) is 0 Å². The van der Waals surface area contributed by atoms with Gasteiger partial charge < -0.3 is 10.2 Å². The fourth-order valence-electron chi connectivity index (χ4n) is 3.10. The number of hydrogen-bond acceptors (Lipinski definition) is 2. The third-order valence-corrected chi connectivity index (χ3v) is 4.59. The Bertz CT molecular complexity index is 268. The van der Waals surface area contributed by atoms with Crippen molar-refractivity contribution in [2.75, 3.05) is 20.1 Å². The smallest absolute Gasteiger partial charge is 0.222 e. The van der Waals surface area contributed by atoms with Gasteiger partial charge in [0.05, 0.1) is 0 Å². The van der Waals surface area contributed by atoms with E-state index in [-0.39, 0.29) is 0 Å². The van der Waals surface area contributed by atoms with Crippen LogP contribution in [0.5, 0.6) is 0 Å². The van der Waals surface area contributed by atoms with Crippen molar-refractivity contribution in [3.8, 4) is 0 Å². The fourth-order valence-corrected chi connectivity index (χ4v) is 3.10. The maximum Gasteiger partial charge on any atom is 0.222 e. The van der Waals surface area contributed by atoms with E-state index in [1.165, 1.54) is 64.2 Å². The van der Waals surface area contributed by atoms with Crippen LogP contribution in [0.3, 0.4) is 0 Å². The predicted octanol–water partition coefficient (Wildman–Crippen LogP) is 4.12. The Kier molecular flexibility index (Phi) is 10.6. The van der Waals surface area contributed by atoms with Crippen molar-refractivity contribution in [1.29, 1.82) is 0 Å². The highest BCUT2D eigenvalue weighted by molar-refractivity contribution is 5.76. The van der Waals surface area contributed by atoms with E-state index in [2.05, 4.69) is 12.2 Å². The van der Waals surface area contributed by atoms with Gasteiger partial charge in [0.2, 0.25) is 5.91 Å². The molecule has 0 aliphatic carbocycles. The first-order valence-corrected chi connectivity index (χ1v) is 9.21. The van der Waals surface area contributed by atoms with Gasteiger partial charge in [-0.1, -0.05) is 64.7 Å². The molecule has 0 aromatic rings. The predicted molar refractivity (Wildman–Crippen MR) is 90.5 cm³/mol. The molecule has 0 aromatic carbocycles. The zero-order chi connectivity index (χ0) is 15.3. The van der Waals surface area contributed by atoms with Crippen LogP contribution in [0.1, 0.15) is 84.0 Å². The number of rotatable bonds is 12. The number of amides is 1. The van der Waals surface area contributed by atoms with Crippen LogP contribution in [0.4, 0.5) is 0 Å². The summed E-state index contributed by atoms with van der Waals surface area (Å²) < 4.78 is 0. The summed E-state index contributed by atoms with van der Waals surface area (Å²) in [5.74, 6) is 0.298. The van der Waals surface area contributed by atoms with Gasteiger partial charge in [0.25, 0.3) is 0 Å². The Labute approximate surface area is 131 Å². The molecule has 1 heterocycles. The molecule has 1 unspecified atom stereocenters. The number of unbranched alkanes of at least 4 members (excludes halogenated alkanes) is 9. The first-order chi connectivity index (χ1) is 10.2. The number of hydrogen-bond donors (Lipinski definition) is 1. The zero-order valence-electron chi connectivity index (χ0n) is 14.3. The van der Waals surface area contributed by atoms with Crippen molar-refractivity contribution in [3.05, 3.63) is 0 Å². The highest BCUT2D eigenvalue weighted by atomic mass is 16.2. The van der Waals surface area contributed by atoms with Crippen LogP contribution in [-0.4, -0.2) is 37.0 Å². The zero-order valence-corrected chi connectivity index (χ0v) is 14.3. The number of likely N-dealkylation sites (tertiary alicyclic amines) is 1. The standard InChI is InChI=1S/C18H36N2O/c1-3-4-5-6-7-8-9-10-11-12-15-19-17-13-14-18(21)20(2)16-17/h17,19H,3-16H2,1-2H3. The van der Waals surface area contributed by atoms with Gasteiger partial charge >= 0.3 is 0 Å². The number of carbonyl (C=O) groups excluding carboxylic acids is 1. The molecule has 21 heavy (non-hydrogen) atoms. The molecule has 1 saturated heterocycles. The lowest BCUT2D eigenvalue weighted by Crippen LogP contribution is -2.46. The van der Waals surface area contributed by atoms with Gasteiger partial charge in [0.15, 0.2) is 0 Å². The van der Waals surface area contributed by atoms with E-state index in [0.717, 1.165) is 19.5 Å². The second-order valence-electron chi connectivity index (χ2n) is 6.65. The summed E-state index contributed by atoms with van der Waals surface area (Å²) in [7, 11) is 1.91. The molecule has 1 N–H and O–H groups in total. The molecule has 1 aliphatic rings. The first kappa shape index (κ1) is 18.5. The lowest BCUT2D eigenvalue weighted by Gasteiger charge is -2.30. The molecule has 1 fully saturated rings. The minimum atomic E-state index is 0.298. The minimum Gasteiger partial charge on any atom is -0.344 e. The van der Waals surface area contributed by atoms with E-state index in [1.54, 1.807) is 0 Å². The van der Waals surface area contributed by atoms with Crippen molar-refractivity contribution < 1.29 is 4.79 Å².